The predicted molar refractivity (Wildman–Crippen MR) is 85.6 cm³/mol. The molecule has 4 nitrogen and oxygen atoms in total. The molecule has 0 radical (unpaired) electrons. The normalized spacial score (nSPS) is 25.0. The number of rotatable bonds is 5. The van der Waals surface area contributed by atoms with Crippen LogP contribution in [0.15, 0.2) is 24.3 Å². The molecular formula is C17H28N2O2. The van der Waals surface area contributed by atoms with Crippen LogP contribution in [0.5, 0.6) is 5.75 Å². The lowest BCUT2D eigenvalue weighted by Crippen LogP contribution is -2.49. The molecule has 1 aliphatic rings. The van der Waals surface area contributed by atoms with Crippen molar-refractivity contribution < 1.29 is 9.47 Å². The van der Waals surface area contributed by atoms with Crippen molar-refractivity contribution in [3.63, 3.8) is 0 Å². The largest absolute Gasteiger partial charge is 0.491 e. The Morgan fingerprint density at radius 3 is 2.57 bits per heavy atom. The van der Waals surface area contributed by atoms with E-state index < -0.39 is 0 Å². The molecule has 0 bridgehead atoms. The smallest absolute Gasteiger partial charge is 0.119 e. The van der Waals surface area contributed by atoms with Crippen LogP contribution in [0, 0.1) is 0 Å². The minimum Gasteiger partial charge on any atom is -0.491 e. The zero-order valence-electron chi connectivity index (χ0n) is 13.6. The standard InChI is InChI=1S/C17H28N2O2/c1-12(2)21-16-7-5-15(6-8-16)17(18)10-19-9-14(4)20-11-13(19)3/h5-8,12-14,17H,9-11,18H2,1-4H3. The molecular weight excluding hydrogens is 264 g/mol. The van der Waals surface area contributed by atoms with Crippen molar-refractivity contribution in [3.8, 4) is 5.75 Å². The number of ether oxygens (including phenoxy) is 2. The van der Waals surface area contributed by atoms with Crippen LogP contribution < -0.4 is 10.5 Å². The van der Waals surface area contributed by atoms with Gasteiger partial charge in [-0.3, -0.25) is 4.90 Å². The Morgan fingerprint density at radius 2 is 1.95 bits per heavy atom. The SMILES string of the molecule is CC(C)Oc1ccc(C(N)CN2CC(C)OCC2C)cc1. The molecule has 2 N–H and O–H groups in total. The van der Waals surface area contributed by atoms with Gasteiger partial charge in [-0.05, 0) is 45.4 Å². The summed E-state index contributed by atoms with van der Waals surface area (Å²) in [7, 11) is 0. The van der Waals surface area contributed by atoms with Gasteiger partial charge >= 0.3 is 0 Å². The number of nitrogens with two attached hydrogens (primary N) is 1. The van der Waals surface area contributed by atoms with E-state index >= 15 is 0 Å². The molecule has 0 spiro atoms. The van der Waals surface area contributed by atoms with Gasteiger partial charge in [0, 0.05) is 25.2 Å². The van der Waals surface area contributed by atoms with Gasteiger partial charge in [0.15, 0.2) is 0 Å². The molecule has 3 unspecified atom stereocenters. The van der Waals surface area contributed by atoms with Gasteiger partial charge in [0.05, 0.1) is 18.8 Å². The van der Waals surface area contributed by atoms with Gasteiger partial charge in [-0.2, -0.15) is 0 Å². The Bertz CT molecular complexity index is 433. The monoisotopic (exact) mass is 292 g/mol. The second-order valence-electron chi connectivity index (χ2n) is 6.29. The van der Waals surface area contributed by atoms with Crippen LogP contribution in [-0.4, -0.2) is 42.8 Å². The van der Waals surface area contributed by atoms with E-state index in [1.54, 1.807) is 0 Å². The van der Waals surface area contributed by atoms with Crippen LogP contribution in [0.1, 0.15) is 39.3 Å². The van der Waals surface area contributed by atoms with Gasteiger partial charge < -0.3 is 15.2 Å². The topological polar surface area (TPSA) is 47.7 Å². The first kappa shape index (κ1) is 16.3. The van der Waals surface area contributed by atoms with E-state index in [1.807, 2.05) is 26.0 Å². The summed E-state index contributed by atoms with van der Waals surface area (Å²) >= 11 is 0. The summed E-state index contributed by atoms with van der Waals surface area (Å²) in [6.45, 7) is 11.0. The van der Waals surface area contributed by atoms with E-state index in [4.69, 9.17) is 15.2 Å². The zero-order valence-corrected chi connectivity index (χ0v) is 13.6. The number of benzene rings is 1. The first-order valence-corrected chi connectivity index (χ1v) is 7.83. The minimum atomic E-state index is 0.0193. The zero-order chi connectivity index (χ0) is 15.4. The fraction of sp³-hybridized carbons (Fsp3) is 0.647. The molecule has 0 amide bonds. The van der Waals surface area contributed by atoms with Crippen LogP contribution in [0.2, 0.25) is 0 Å². The van der Waals surface area contributed by atoms with Crippen LogP contribution >= 0.6 is 0 Å². The Morgan fingerprint density at radius 1 is 1.29 bits per heavy atom. The van der Waals surface area contributed by atoms with E-state index in [2.05, 4.69) is 30.9 Å². The molecule has 1 saturated heterocycles. The Balaban J connectivity index is 1.94. The van der Waals surface area contributed by atoms with E-state index in [9.17, 15) is 0 Å². The lowest BCUT2D eigenvalue weighted by molar-refractivity contribution is -0.0510. The molecule has 1 fully saturated rings. The number of morpholine rings is 1. The van der Waals surface area contributed by atoms with Crippen LogP contribution in [0.4, 0.5) is 0 Å². The highest BCUT2D eigenvalue weighted by Crippen LogP contribution is 2.20. The summed E-state index contributed by atoms with van der Waals surface area (Å²) in [5, 5.41) is 0. The Hall–Kier alpha value is -1.10. The summed E-state index contributed by atoms with van der Waals surface area (Å²) in [5.74, 6) is 0.898. The van der Waals surface area contributed by atoms with E-state index in [0.29, 0.717) is 6.04 Å². The van der Waals surface area contributed by atoms with Crippen LogP contribution in [-0.2, 0) is 4.74 Å². The molecule has 21 heavy (non-hydrogen) atoms. The minimum absolute atomic E-state index is 0.0193. The van der Waals surface area contributed by atoms with Crippen molar-refractivity contribution in [3.05, 3.63) is 29.8 Å². The summed E-state index contributed by atoms with van der Waals surface area (Å²) < 4.78 is 11.3. The van der Waals surface area contributed by atoms with Gasteiger partial charge in [0.1, 0.15) is 5.75 Å². The summed E-state index contributed by atoms with van der Waals surface area (Å²) in [4.78, 5) is 2.41. The average molecular weight is 292 g/mol. The van der Waals surface area contributed by atoms with Crippen LogP contribution in [0.25, 0.3) is 0 Å². The third kappa shape index (κ3) is 4.70. The van der Waals surface area contributed by atoms with Crippen molar-refractivity contribution in [1.29, 1.82) is 0 Å². The number of hydrogen-bond acceptors (Lipinski definition) is 4. The second-order valence-corrected chi connectivity index (χ2v) is 6.29. The third-order valence-electron chi connectivity index (χ3n) is 3.85. The maximum Gasteiger partial charge on any atom is 0.119 e. The van der Waals surface area contributed by atoms with Crippen molar-refractivity contribution in [2.24, 2.45) is 5.73 Å². The summed E-state index contributed by atoms with van der Waals surface area (Å²) in [6.07, 6.45) is 0.482. The molecule has 1 aromatic rings. The van der Waals surface area contributed by atoms with Crippen molar-refractivity contribution in [2.45, 2.75) is 52.0 Å². The lowest BCUT2D eigenvalue weighted by Gasteiger charge is -2.38. The highest BCUT2D eigenvalue weighted by Gasteiger charge is 2.25. The van der Waals surface area contributed by atoms with E-state index in [0.717, 1.165) is 31.0 Å². The van der Waals surface area contributed by atoms with Gasteiger partial charge in [-0.25, -0.2) is 0 Å². The highest BCUT2D eigenvalue weighted by molar-refractivity contribution is 5.29. The summed E-state index contributed by atoms with van der Waals surface area (Å²) in [6, 6.07) is 8.58. The third-order valence-corrected chi connectivity index (χ3v) is 3.85. The summed E-state index contributed by atoms with van der Waals surface area (Å²) in [5.41, 5.74) is 7.51. The van der Waals surface area contributed by atoms with Gasteiger partial charge in [0.2, 0.25) is 0 Å². The van der Waals surface area contributed by atoms with Crippen molar-refractivity contribution in [1.82, 2.24) is 4.90 Å². The lowest BCUT2D eigenvalue weighted by atomic mass is 10.1. The van der Waals surface area contributed by atoms with Crippen LogP contribution in [0.3, 0.4) is 0 Å². The van der Waals surface area contributed by atoms with Gasteiger partial charge in [-0.15, -0.1) is 0 Å². The quantitative estimate of drug-likeness (QED) is 0.906. The number of hydrogen-bond donors (Lipinski definition) is 1. The Kier molecular flexibility index (Phi) is 5.62. The number of nitrogens with zero attached hydrogens (tertiary/aromatic N) is 1. The first-order valence-electron chi connectivity index (χ1n) is 7.83. The molecule has 0 saturated carbocycles. The van der Waals surface area contributed by atoms with E-state index in [-0.39, 0.29) is 18.2 Å². The fourth-order valence-corrected chi connectivity index (χ4v) is 2.65. The molecule has 0 aromatic heterocycles. The first-order chi connectivity index (χ1) is 9.95. The second kappa shape index (κ2) is 7.25. The molecule has 0 aliphatic carbocycles. The van der Waals surface area contributed by atoms with Gasteiger partial charge in [-0.1, -0.05) is 12.1 Å². The van der Waals surface area contributed by atoms with Crippen molar-refractivity contribution >= 4 is 0 Å². The Labute approximate surface area is 128 Å². The molecule has 1 aromatic carbocycles. The average Bonchev–Trinajstić information content (AvgIpc) is 2.43. The molecule has 3 atom stereocenters. The molecule has 1 aliphatic heterocycles. The molecule has 1 heterocycles. The fourth-order valence-electron chi connectivity index (χ4n) is 2.65. The molecule has 4 heteroatoms. The molecule has 118 valence electrons. The van der Waals surface area contributed by atoms with E-state index in [1.165, 1.54) is 0 Å². The maximum absolute atomic E-state index is 6.36. The van der Waals surface area contributed by atoms with Gasteiger partial charge in [0.25, 0.3) is 0 Å². The highest BCUT2D eigenvalue weighted by atomic mass is 16.5. The molecule has 2 rings (SSSR count). The predicted octanol–water partition coefficient (Wildman–Crippen LogP) is 2.58. The van der Waals surface area contributed by atoms with Crippen molar-refractivity contribution in [2.75, 3.05) is 19.7 Å². The maximum atomic E-state index is 6.36.